The number of aromatic nitrogens is 2. The second-order valence-electron chi connectivity index (χ2n) is 8.85. The lowest BCUT2D eigenvalue weighted by Crippen LogP contribution is -2.11. The first-order valence-electron chi connectivity index (χ1n) is 9.98. The first-order chi connectivity index (χ1) is 14.4. The van der Waals surface area contributed by atoms with Crippen LogP contribution >= 0.6 is 22.7 Å². The molecule has 6 rings (SSSR count). The summed E-state index contributed by atoms with van der Waals surface area (Å²) in [6.07, 6.45) is 1.62. The Morgan fingerprint density at radius 3 is 2.60 bits per heavy atom. The maximum absolute atomic E-state index is 6.27. The normalized spacial score (nSPS) is 12.7. The van der Waals surface area contributed by atoms with Gasteiger partial charge in [0.2, 0.25) is 5.71 Å². The first kappa shape index (κ1) is 18.0. The Kier molecular flexibility index (Phi) is 3.68. The molecule has 5 heteroatoms. The number of aryl methyl sites for hydroxylation is 1. The molecular weight excluding hydrogens is 408 g/mol. The Hall–Kier alpha value is -2.76. The highest BCUT2D eigenvalue weighted by Gasteiger charge is 2.22. The van der Waals surface area contributed by atoms with Gasteiger partial charge in [-0.05, 0) is 69.3 Å². The molecule has 3 nitrogen and oxygen atoms in total. The fourth-order valence-corrected chi connectivity index (χ4v) is 6.42. The number of fused-ring (bicyclic) bond motifs is 6. The maximum atomic E-state index is 6.27. The summed E-state index contributed by atoms with van der Waals surface area (Å²) in [6.45, 7) is 8.94. The van der Waals surface area contributed by atoms with Crippen molar-refractivity contribution in [3.05, 3.63) is 58.5 Å². The summed E-state index contributed by atoms with van der Waals surface area (Å²) in [5.41, 5.74) is 6.28. The standard InChI is InChI=1S/C25H20N2OS2/c1-13-11-30-23-16(13)5-6-17-19-20(26-12-27-24(19)28-21(17)23)15-9-14-7-8-29-22(14)18(10-15)25(2,3)4/h5-12H,1-4H3. The molecule has 0 radical (unpaired) electrons. The van der Waals surface area contributed by atoms with Crippen LogP contribution in [0, 0.1) is 6.92 Å². The van der Waals surface area contributed by atoms with Gasteiger partial charge in [-0.25, -0.2) is 9.97 Å². The molecule has 0 saturated heterocycles. The third kappa shape index (κ3) is 2.49. The highest BCUT2D eigenvalue weighted by molar-refractivity contribution is 7.18. The van der Waals surface area contributed by atoms with Gasteiger partial charge in [-0.1, -0.05) is 26.8 Å². The van der Waals surface area contributed by atoms with Gasteiger partial charge < -0.3 is 4.42 Å². The molecule has 0 aliphatic heterocycles. The number of rotatable bonds is 1. The molecule has 4 heterocycles. The van der Waals surface area contributed by atoms with E-state index < -0.39 is 0 Å². The lowest BCUT2D eigenvalue weighted by Gasteiger charge is -2.21. The van der Waals surface area contributed by atoms with Crippen molar-refractivity contribution >= 4 is 64.9 Å². The number of hydrogen-bond donors (Lipinski definition) is 0. The zero-order valence-corrected chi connectivity index (χ0v) is 18.9. The molecule has 0 N–H and O–H groups in total. The Balaban J connectivity index is 1.72. The summed E-state index contributed by atoms with van der Waals surface area (Å²) in [5.74, 6) is 0. The molecule has 148 valence electrons. The van der Waals surface area contributed by atoms with Gasteiger partial charge in [-0.3, -0.25) is 0 Å². The molecule has 2 aromatic carbocycles. The topological polar surface area (TPSA) is 38.9 Å². The Labute approximate surface area is 182 Å². The van der Waals surface area contributed by atoms with Crippen LogP contribution < -0.4 is 0 Å². The number of nitrogens with zero attached hydrogens (tertiary/aromatic N) is 2. The van der Waals surface area contributed by atoms with E-state index in [0.717, 1.165) is 27.6 Å². The van der Waals surface area contributed by atoms with Gasteiger partial charge in [0, 0.05) is 15.6 Å². The van der Waals surface area contributed by atoms with Gasteiger partial charge >= 0.3 is 0 Å². The molecule has 0 amide bonds. The molecule has 0 unspecified atom stereocenters. The van der Waals surface area contributed by atoms with Crippen LogP contribution in [0.25, 0.3) is 53.5 Å². The smallest absolute Gasteiger partial charge is 0.231 e. The maximum Gasteiger partial charge on any atom is 0.231 e. The Bertz CT molecular complexity index is 1590. The monoisotopic (exact) mass is 428 g/mol. The van der Waals surface area contributed by atoms with Gasteiger partial charge in [0.15, 0.2) is 5.58 Å². The van der Waals surface area contributed by atoms with Crippen LogP contribution in [-0.2, 0) is 5.41 Å². The Morgan fingerprint density at radius 1 is 0.933 bits per heavy atom. The van der Waals surface area contributed by atoms with E-state index in [-0.39, 0.29) is 5.41 Å². The number of furan rings is 1. The van der Waals surface area contributed by atoms with E-state index in [9.17, 15) is 0 Å². The summed E-state index contributed by atoms with van der Waals surface area (Å²) in [5, 5.41) is 8.94. The van der Waals surface area contributed by atoms with Crippen LogP contribution in [0.5, 0.6) is 0 Å². The second-order valence-corrected chi connectivity index (χ2v) is 10.7. The molecule has 0 bridgehead atoms. The highest BCUT2D eigenvalue weighted by atomic mass is 32.1. The largest absolute Gasteiger partial charge is 0.436 e. The fraction of sp³-hybridized carbons (Fsp3) is 0.200. The van der Waals surface area contributed by atoms with Crippen molar-refractivity contribution < 1.29 is 4.42 Å². The van der Waals surface area contributed by atoms with Crippen molar-refractivity contribution in [2.75, 3.05) is 0 Å². The lowest BCUT2D eigenvalue weighted by molar-refractivity contribution is 0.597. The average Bonchev–Trinajstić information content (AvgIpc) is 3.42. The number of benzene rings is 2. The van der Waals surface area contributed by atoms with Gasteiger partial charge in [-0.2, -0.15) is 0 Å². The first-order valence-corrected chi connectivity index (χ1v) is 11.7. The molecule has 0 fully saturated rings. The van der Waals surface area contributed by atoms with E-state index in [1.54, 1.807) is 29.0 Å². The van der Waals surface area contributed by atoms with Gasteiger partial charge in [0.25, 0.3) is 0 Å². The van der Waals surface area contributed by atoms with Gasteiger partial charge in [0.05, 0.1) is 15.8 Å². The lowest BCUT2D eigenvalue weighted by atomic mass is 9.85. The van der Waals surface area contributed by atoms with Crippen molar-refractivity contribution in [1.29, 1.82) is 0 Å². The molecule has 0 aliphatic carbocycles. The Morgan fingerprint density at radius 2 is 1.77 bits per heavy atom. The summed E-state index contributed by atoms with van der Waals surface area (Å²) in [6, 6.07) is 11.1. The number of thiophene rings is 2. The van der Waals surface area contributed by atoms with E-state index in [0.29, 0.717) is 5.71 Å². The zero-order valence-electron chi connectivity index (χ0n) is 17.2. The van der Waals surface area contributed by atoms with Crippen molar-refractivity contribution in [2.24, 2.45) is 0 Å². The third-order valence-corrected chi connectivity index (χ3v) is 7.88. The van der Waals surface area contributed by atoms with Crippen LogP contribution in [0.2, 0.25) is 0 Å². The SMILES string of the molecule is Cc1csc2c1ccc1c2oc2ncnc(-c3cc(C(C)(C)C)c4sccc4c3)c21. The minimum Gasteiger partial charge on any atom is -0.436 e. The molecule has 4 aromatic heterocycles. The van der Waals surface area contributed by atoms with Crippen LogP contribution in [-0.4, -0.2) is 9.97 Å². The van der Waals surface area contributed by atoms with Crippen LogP contribution in [0.15, 0.2) is 51.8 Å². The third-order valence-electron chi connectivity index (χ3n) is 5.80. The van der Waals surface area contributed by atoms with Crippen LogP contribution in [0.4, 0.5) is 0 Å². The predicted octanol–water partition coefficient (Wildman–Crippen LogP) is 8.08. The van der Waals surface area contributed by atoms with Crippen LogP contribution in [0.3, 0.4) is 0 Å². The van der Waals surface area contributed by atoms with Gasteiger partial charge in [-0.15, -0.1) is 22.7 Å². The van der Waals surface area contributed by atoms with Gasteiger partial charge in [0.1, 0.15) is 6.33 Å². The van der Waals surface area contributed by atoms with E-state index >= 15 is 0 Å². The van der Waals surface area contributed by atoms with E-state index in [1.165, 1.54) is 31.3 Å². The summed E-state index contributed by atoms with van der Waals surface area (Å²) in [4.78, 5) is 9.21. The molecule has 0 atom stereocenters. The molecule has 30 heavy (non-hydrogen) atoms. The number of hydrogen-bond acceptors (Lipinski definition) is 5. The van der Waals surface area contributed by atoms with Crippen molar-refractivity contribution in [2.45, 2.75) is 33.1 Å². The van der Waals surface area contributed by atoms with Crippen molar-refractivity contribution in [3.63, 3.8) is 0 Å². The average molecular weight is 429 g/mol. The summed E-state index contributed by atoms with van der Waals surface area (Å²) in [7, 11) is 0. The molecule has 0 spiro atoms. The fourth-order valence-electron chi connectivity index (χ4n) is 4.28. The summed E-state index contributed by atoms with van der Waals surface area (Å²) < 4.78 is 8.80. The molecule has 0 aliphatic rings. The van der Waals surface area contributed by atoms with Crippen molar-refractivity contribution in [3.8, 4) is 11.3 Å². The summed E-state index contributed by atoms with van der Waals surface area (Å²) >= 11 is 3.53. The highest BCUT2D eigenvalue weighted by Crippen LogP contribution is 2.42. The zero-order chi connectivity index (χ0) is 20.6. The predicted molar refractivity (Wildman–Crippen MR) is 129 cm³/mol. The molecular formula is C25H20N2OS2. The quantitative estimate of drug-likeness (QED) is 0.266. The van der Waals surface area contributed by atoms with E-state index in [4.69, 9.17) is 9.40 Å². The van der Waals surface area contributed by atoms with E-state index in [1.807, 2.05) is 0 Å². The van der Waals surface area contributed by atoms with E-state index in [2.05, 4.69) is 73.8 Å². The minimum absolute atomic E-state index is 0.0460. The molecule has 0 saturated carbocycles. The minimum atomic E-state index is 0.0460. The van der Waals surface area contributed by atoms with Crippen LogP contribution in [0.1, 0.15) is 31.9 Å². The second kappa shape index (κ2) is 6.13. The molecule has 6 aromatic rings. The van der Waals surface area contributed by atoms with Crippen molar-refractivity contribution in [1.82, 2.24) is 9.97 Å².